The Bertz CT molecular complexity index is 688. The van der Waals surface area contributed by atoms with E-state index >= 15 is 0 Å². The molecule has 0 saturated heterocycles. The van der Waals surface area contributed by atoms with Gasteiger partial charge in [0.05, 0.1) is 17.6 Å². The van der Waals surface area contributed by atoms with Crippen molar-refractivity contribution in [1.29, 1.82) is 0 Å². The van der Waals surface area contributed by atoms with Crippen molar-refractivity contribution in [2.24, 2.45) is 0 Å². The van der Waals surface area contributed by atoms with Gasteiger partial charge in [0.25, 0.3) is 0 Å². The van der Waals surface area contributed by atoms with Crippen LogP contribution in [0.5, 0.6) is 0 Å². The fraction of sp³-hybridized carbons (Fsp3) is 0.0769. The molecule has 2 heterocycles. The average Bonchev–Trinajstić information content (AvgIpc) is 2.71. The van der Waals surface area contributed by atoms with Crippen LogP contribution >= 0.6 is 0 Å². The Morgan fingerprint density at radius 3 is 2.76 bits per heavy atom. The van der Waals surface area contributed by atoms with Gasteiger partial charge >= 0.3 is 0 Å². The molecule has 0 spiro atoms. The van der Waals surface area contributed by atoms with Crippen LogP contribution in [-0.2, 0) is 0 Å². The molecule has 0 aliphatic carbocycles. The van der Waals surface area contributed by atoms with Gasteiger partial charge in [0.15, 0.2) is 5.65 Å². The molecule has 0 N–H and O–H groups in total. The maximum Gasteiger partial charge on any atom is 0.153 e. The first kappa shape index (κ1) is 9.96. The highest BCUT2D eigenvalue weighted by Gasteiger charge is 2.07. The first-order valence-corrected chi connectivity index (χ1v) is 5.32. The van der Waals surface area contributed by atoms with Gasteiger partial charge in [-0.1, -0.05) is 12.1 Å². The molecule has 2 aromatic heterocycles. The summed E-state index contributed by atoms with van der Waals surface area (Å²) in [5.74, 6) is -0.267. The number of halogens is 1. The molecule has 17 heavy (non-hydrogen) atoms. The molecule has 84 valence electrons. The normalized spacial score (nSPS) is 10.9. The molecule has 0 unspecified atom stereocenters. The third kappa shape index (κ3) is 1.58. The molecule has 3 nitrogen and oxygen atoms in total. The van der Waals surface area contributed by atoms with Gasteiger partial charge in [0, 0.05) is 5.56 Å². The number of aromatic nitrogens is 3. The number of hydrogen-bond acceptors (Lipinski definition) is 2. The number of rotatable bonds is 1. The largest absolute Gasteiger partial charge is 0.235 e. The van der Waals surface area contributed by atoms with Gasteiger partial charge in [0.2, 0.25) is 0 Å². The van der Waals surface area contributed by atoms with Crippen molar-refractivity contribution in [1.82, 2.24) is 14.6 Å². The highest BCUT2D eigenvalue weighted by atomic mass is 19.1. The summed E-state index contributed by atoms with van der Waals surface area (Å²) in [7, 11) is 0. The molecule has 0 bridgehead atoms. The molecule has 1 aromatic carbocycles. The topological polar surface area (TPSA) is 30.2 Å². The van der Waals surface area contributed by atoms with E-state index in [1.807, 2.05) is 13.0 Å². The quantitative estimate of drug-likeness (QED) is 0.640. The summed E-state index contributed by atoms with van der Waals surface area (Å²) >= 11 is 0. The van der Waals surface area contributed by atoms with Gasteiger partial charge in [-0.15, -0.1) is 0 Å². The maximum atomic E-state index is 13.6. The Hall–Kier alpha value is -2.23. The third-order valence-electron chi connectivity index (χ3n) is 2.68. The lowest BCUT2D eigenvalue weighted by Crippen LogP contribution is -1.97. The summed E-state index contributed by atoms with van der Waals surface area (Å²) in [6.07, 6.45) is 1.74. The predicted molar refractivity (Wildman–Crippen MR) is 63.1 cm³/mol. The van der Waals surface area contributed by atoms with Crippen molar-refractivity contribution >= 4 is 5.65 Å². The van der Waals surface area contributed by atoms with Gasteiger partial charge in [-0.3, -0.25) is 0 Å². The van der Waals surface area contributed by atoms with Crippen LogP contribution < -0.4 is 0 Å². The third-order valence-corrected chi connectivity index (χ3v) is 2.68. The van der Waals surface area contributed by atoms with Gasteiger partial charge in [-0.25, -0.2) is 13.9 Å². The van der Waals surface area contributed by atoms with Crippen LogP contribution in [0.15, 0.2) is 42.6 Å². The first-order chi connectivity index (χ1) is 8.25. The molecule has 0 saturated carbocycles. The number of nitrogens with zero attached hydrogens (tertiary/aromatic N) is 3. The van der Waals surface area contributed by atoms with Gasteiger partial charge in [-0.2, -0.15) is 5.10 Å². The molecule has 0 aliphatic heterocycles. The predicted octanol–water partition coefficient (Wildman–Crippen LogP) is 2.84. The molecule has 3 rings (SSSR count). The molecule has 4 heteroatoms. The van der Waals surface area contributed by atoms with Gasteiger partial charge < -0.3 is 0 Å². The van der Waals surface area contributed by atoms with E-state index in [1.54, 1.807) is 35.0 Å². The van der Waals surface area contributed by atoms with E-state index in [-0.39, 0.29) is 5.82 Å². The van der Waals surface area contributed by atoms with E-state index < -0.39 is 0 Å². The molecule has 0 amide bonds. The molecule has 0 fully saturated rings. The Kier molecular flexibility index (Phi) is 2.14. The number of benzene rings is 1. The summed E-state index contributed by atoms with van der Waals surface area (Å²) in [5.41, 5.74) is 2.81. The van der Waals surface area contributed by atoms with Crippen LogP contribution in [0.4, 0.5) is 4.39 Å². The Morgan fingerprint density at radius 1 is 1.12 bits per heavy atom. The Morgan fingerprint density at radius 2 is 1.94 bits per heavy atom. The summed E-state index contributed by atoms with van der Waals surface area (Å²) < 4.78 is 15.3. The minimum atomic E-state index is -0.267. The lowest BCUT2D eigenvalue weighted by Gasteiger charge is -2.03. The second-order valence-electron chi connectivity index (χ2n) is 3.87. The lowest BCUT2D eigenvalue weighted by molar-refractivity contribution is 0.630. The molecule has 0 radical (unpaired) electrons. The first-order valence-electron chi connectivity index (χ1n) is 5.32. The average molecular weight is 227 g/mol. The molecular formula is C13H10FN3. The van der Waals surface area contributed by atoms with Crippen molar-refractivity contribution in [3.8, 4) is 11.3 Å². The number of hydrogen-bond donors (Lipinski definition) is 0. The van der Waals surface area contributed by atoms with Crippen molar-refractivity contribution in [3.05, 3.63) is 54.1 Å². The Labute approximate surface area is 97.5 Å². The van der Waals surface area contributed by atoms with Crippen LogP contribution in [0.3, 0.4) is 0 Å². The number of fused-ring (bicyclic) bond motifs is 1. The smallest absolute Gasteiger partial charge is 0.153 e. The highest BCUT2D eigenvalue weighted by molar-refractivity contribution is 5.60. The highest BCUT2D eigenvalue weighted by Crippen LogP contribution is 2.20. The maximum absolute atomic E-state index is 13.6. The van der Waals surface area contributed by atoms with E-state index in [0.29, 0.717) is 11.3 Å². The van der Waals surface area contributed by atoms with Crippen LogP contribution in [0, 0.1) is 12.7 Å². The molecule has 0 aliphatic rings. The lowest BCUT2D eigenvalue weighted by atomic mass is 10.1. The summed E-state index contributed by atoms with van der Waals surface area (Å²) in [4.78, 5) is 4.18. The van der Waals surface area contributed by atoms with Crippen molar-refractivity contribution in [3.63, 3.8) is 0 Å². The van der Waals surface area contributed by atoms with Gasteiger partial charge in [0.1, 0.15) is 5.82 Å². The van der Waals surface area contributed by atoms with Crippen molar-refractivity contribution in [2.75, 3.05) is 0 Å². The molecule has 3 aromatic rings. The van der Waals surface area contributed by atoms with Crippen LogP contribution in [-0.4, -0.2) is 14.6 Å². The fourth-order valence-corrected chi connectivity index (χ4v) is 1.80. The van der Waals surface area contributed by atoms with E-state index in [0.717, 1.165) is 11.3 Å². The van der Waals surface area contributed by atoms with Crippen LogP contribution in [0.1, 0.15) is 5.69 Å². The number of aryl methyl sites for hydroxylation is 1. The summed E-state index contributed by atoms with van der Waals surface area (Å²) in [6, 6.07) is 10.2. The minimum absolute atomic E-state index is 0.267. The van der Waals surface area contributed by atoms with Crippen molar-refractivity contribution in [2.45, 2.75) is 6.92 Å². The van der Waals surface area contributed by atoms with E-state index in [1.165, 1.54) is 6.07 Å². The standard InChI is InChI=1S/C13H10FN3/c1-9-8-15-13-7-6-12(16-17(9)13)10-4-2-3-5-11(10)14/h2-8H,1H3. The van der Waals surface area contributed by atoms with Crippen LogP contribution in [0.2, 0.25) is 0 Å². The Balaban J connectivity index is 2.24. The summed E-state index contributed by atoms with van der Waals surface area (Å²) in [5, 5.41) is 4.38. The van der Waals surface area contributed by atoms with Crippen LogP contribution in [0.25, 0.3) is 16.9 Å². The SMILES string of the molecule is Cc1cnc2ccc(-c3ccccc3F)nn12. The van der Waals surface area contributed by atoms with E-state index in [4.69, 9.17) is 0 Å². The zero-order valence-corrected chi connectivity index (χ0v) is 9.26. The molecule has 0 atom stereocenters. The fourth-order valence-electron chi connectivity index (χ4n) is 1.80. The van der Waals surface area contributed by atoms with Crippen molar-refractivity contribution < 1.29 is 4.39 Å². The zero-order valence-electron chi connectivity index (χ0n) is 9.26. The number of imidazole rings is 1. The molecular weight excluding hydrogens is 217 g/mol. The zero-order chi connectivity index (χ0) is 11.8. The monoisotopic (exact) mass is 227 g/mol. The van der Waals surface area contributed by atoms with E-state index in [9.17, 15) is 4.39 Å². The van der Waals surface area contributed by atoms with E-state index in [2.05, 4.69) is 10.1 Å². The minimum Gasteiger partial charge on any atom is -0.235 e. The second kappa shape index (κ2) is 3.66. The van der Waals surface area contributed by atoms with Gasteiger partial charge in [-0.05, 0) is 31.2 Å². The summed E-state index contributed by atoms with van der Waals surface area (Å²) in [6.45, 7) is 1.91. The second-order valence-corrected chi connectivity index (χ2v) is 3.87.